The van der Waals surface area contributed by atoms with Crippen LogP contribution < -0.4 is 5.73 Å². The Balaban J connectivity index is 2.77. The summed E-state index contributed by atoms with van der Waals surface area (Å²) in [5.74, 6) is -1.05. The Morgan fingerprint density at radius 1 is 1.47 bits per heavy atom. The molecule has 94 valence electrons. The summed E-state index contributed by atoms with van der Waals surface area (Å²) >= 11 is 0. The molecule has 0 aliphatic rings. The lowest BCUT2D eigenvalue weighted by molar-refractivity contribution is -0.138. The van der Waals surface area contributed by atoms with Gasteiger partial charge < -0.3 is 10.8 Å². The molecule has 0 heterocycles. The highest BCUT2D eigenvalue weighted by Crippen LogP contribution is 2.13. The maximum absolute atomic E-state index is 11.3. The van der Waals surface area contributed by atoms with E-state index < -0.39 is 21.8 Å². The van der Waals surface area contributed by atoms with Crippen LogP contribution in [0.2, 0.25) is 0 Å². The second kappa shape index (κ2) is 5.29. The van der Waals surface area contributed by atoms with Crippen molar-refractivity contribution in [2.75, 3.05) is 6.26 Å². The Labute approximate surface area is 100 Å². The first-order chi connectivity index (χ1) is 7.80. The Morgan fingerprint density at radius 3 is 2.65 bits per heavy atom. The first-order valence-electron chi connectivity index (χ1n) is 5.08. The molecule has 0 amide bonds. The van der Waals surface area contributed by atoms with Gasteiger partial charge >= 0.3 is 5.97 Å². The van der Waals surface area contributed by atoms with Crippen molar-refractivity contribution in [2.24, 2.45) is 5.73 Å². The molecule has 0 aliphatic carbocycles. The summed E-state index contributed by atoms with van der Waals surface area (Å²) in [6.07, 6.45) is 1.86. The summed E-state index contributed by atoms with van der Waals surface area (Å²) in [7, 11) is -3.23. The third kappa shape index (κ3) is 4.16. The molecule has 1 rings (SSSR count). The van der Waals surface area contributed by atoms with Crippen molar-refractivity contribution in [2.45, 2.75) is 23.8 Å². The molecule has 3 N–H and O–H groups in total. The van der Waals surface area contributed by atoms with E-state index in [1.165, 1.54) is 6.07 Å². The molecule has 1 atom stereocenters. The highest BCUT2D eigenvalue weighted by molar-refractivity contribution is 7.90. The number of benzene rings is 1. The number of aliphatic carboxylic acids is 1. The number of rotatable bonds is 5. The predicted octanol–water partition coefficient (Wildman–Crippen LogP) is 0.435. The average molecular weight is 257 g/mol. The van der Waals surface area contributed by atoms with E-state index in [0.717, 1.165) is 11.8 Å². The zero-order chi connectivity index (χ0) is 13.1. The van der Waals surface area contributed by atoms with Gasteiger partial charge in [0.1, 0.15) is 6.04 Å². The van der Waals surface area contributed by atoms with Gasteiger partial charge in [-0.05, 0) is 30.5 Å². The van der Waals surface area contributed by atoms with E-state index in [1.807, 2.05) is 0 Å². The standard InChI is InChI=1S/C11H15NO4S/c1-17(15,16)9-4-2-3-8(7-9)5-6-10(12)11(13)14/h2-4,7,10H,5-6,12H2,1H3,(H,13,14)/t10-/m0/s1. The van der Waals surface area contributed by atoms with Gasteiger partial charge in [0.2, 0.25) is 0 Å². The fourth-order valence-electron chi connectivity index (χ4n) is 1.38. The van der Waals surface area contributed by atoms with Crippen molar-refractivity contribution in [3.63, 3.8) is 0 Å². The molecule has 5 nitrogen and oxygen atoms in total. The molecule has 17 heavy (non-hydrogen) atoms. The SMILES string of the molecule is CS(=O)(=O)c1cccc(CC[C@H](N)C(=O)O)c1. The van der Waals surface area contributed by atoms with Crippen LogP contribution in [-0.2, 0) is 21.1 Å². The fourth-order valence-corrected chi connectivity index (χ4v) is 2.07. The molecule has 1 aromatic carbocycles. The lowest BCUT2D eigenvalue weighted by atomic mass is 10.1. The first kappa shape index (κ1) is 13.7. The number of sulfone groups is 1. The molecule has 0 radical (unpaired) electrons. The molecule has 0 fully saturated rings. The number of aryl methyl sites for hydroxylation is 1. The van der Waals surface area contributed by atoms with Crippen LogP contribution in [0.15, 0.2) is 29.2 Å². The van der Waals surface area contributed by atoms with Gasteiger partial charge in [0, 0.05) is 6.26 Å². The third-order valence-corrected chi connectivity index (χ3v) is 3.50. The van der Waals surface area contributed by atoms with Gasteiger partial charge in [-0.15, -0.1) is 0 Å². The van der Waals surface area contributed by atoms with Gasteiger partial charge in [-0.25, -0.2) is 8.42 Å². The van der Waals surface area contributed by atoms with Gasteiger partial charge in [-0.3, -0.25) is 4.79 Å². The molecular weight excluding hydrogens is 242 g/mol. The Kier molecular flexibility index (Phi) is 4.25. The second-order valence-corrected chi connectivity index (χ2v) is 5.92. The van der Waals surface area contributed by atoms with Crippen LogP contribution in [0.25, 0.3) is 0 Å². The van der Waals surface area contributed by atoms with E-state index in [4.69, 9.17) is 10.8 Å². The van der Waals surface area contributed by atoms with E-state index in [1.54, 1.807) is 18.2 Å². The summed E-state index contributed by atoms with van der Waals surface area (Å²) in [4.78, 5) is 10.8. The molecule has 0 aromatic heterocycles. The van der Waals surface area contributed by atoms with E-state index >= 15 is 0 Å². The number of carboxylic acid groups (broad SMARTS) is 1. The highest BCUT2D eigenvalue weighted by Gasteiger charge is 2.12. The molecule has 0 spiro atoms. The van der Waals surface area contributed by atoms with E-state index in [0.29, 0.717) is 6.42 Å². The summed E-state index contributed by atoms with van der Waals surface area (Å²) in [6, 6.07) is 5.53. The molecule has 0 saturated carbocycles. The summed E-state index contributed by atoms with van der Waals surface area (Å²) in [6.45, 7) is 0. The van der Waals surface area contributed by atoms with Crippen LogP contribution in [0.1, 0.15) is 12.0 Å². The smallest absolute Gasteiger partial charge is 0.320 e. The quantitative estimate of drug-likeness (QED) is 0.797. The van der Waals surface area contributed by atoms with Crippen LogP contribution >= 0.6 is 0 Å². The van der Waals surface area contributed by atoms with E-state index in [9.17, 15) is 13.2 Å². The molecule has 6 heteroatoms. The minimum atomic E-state index is -3.23. The molecule has 0 bridgehead atoms. The zero-order valence-corrected chi connectivity index (χ0v) is 10.3. The van der Waals surface area contributed by atoms with Gasteiger partial charge in [0.25, 0.3) is 0 Å². The van der Waals surface area contributed by atoms with Crippen molar-refractivity contribution in [1.29, 1.82) is 0 Å². The molecular formula is C11H15NO4S. The van der Waals surface area contributed by atoms with E-state index in [-0.39, 0.29) is 11.3 Å². The van der Waals surface area contributed by atoms with Crippen LogP contribution in [-0.4, -0.2) is 31.8 Å². The number of nitrogens with two attached hydrogens (primary N) is 1. The van der Waals surface area contributed by atoms with Crippen molar-refractivity contribution in [3.8, 4) is 0 Å². The van der Waals surface area contributed by atoms with Crippen molar-refractivity contribution >= 4 is 15.8 Å². The largest absolute Gasteiger partial charge is 0.480 e. The minimum absolute atomic E-state index is 0.235. The topological polar surface area (TPSA) is 97.5 Å². The second-order valence-electron chi connectivity index (χ2n) is 3.90. The fraction of sp³-hybridized carbons (Fsp3) is 0.364. The monoisotopic (exact) mass is 257 g/mol. The van der Waals surface area contributed by atoms with Crippen LogP contribution in [0, 0.1) is 0 Å². The highest BCUT2D eigenvalue weighted by atomic mass is 32.2. The van der Waals surface area contributed by atoms with Crippen LogP contribution in [0.3, 0.4) is 0 Å². The van der Waals surface area contributed by atoms with Crippen LogP contribution in [0.5, 0.6) is 0 Å². The molecule has 1 aromatic rings. The van der Waals surface area contributed by atoms with Crippen molar-refractivity contribution in [3.05, 3.63) is 29.8 Å². The Bertz CT molecular complexity index is 510. The molecule has 0 aliphatic heterocycles. The Morgan fingerprint density at radius 2 is 2.12 bits per heavy atom. The first-order valence-corrected chi connectivity index (χ1v) is 6.97. The maximum Gasteiger partial charge on any atom is 0.320 e. The van der Waals surface area contributed by atoms with E-state index in [2.05, 4.69) is 0 Å². The zero-order valence-electron chi connectivity index (χ0n) is 9.46. The van der Waals surface area contributed by atoms with Gasteiger partial charge in [-0.2, -0.15) is 0 Å². The molecule has 0 saturated heterocycles. The predicted molar refractivity (Wildman–Crippen MR) is 63.5 cm³/mol. The lowest BCUT2D eigenvalue weighted by Crippen LogP contribution is -2.30. The maximum atomic E-state index is 11.3. The number of hydrogen-bond donors (Lipinski definition) is 2. The third-order valence-electron chi connectivity index (χ3n) is 2.39. The number of hydrogen-bond acceptors (Lipinski definition) is 4. The normalized spacial score (nSPS) is 13.3. The summed E-state index contributed by atoms with van der Waals surface area (Å²) in [5.41, 5.74) is 6.14. The van der Waals surface area contributed by atoms with Gasteiger partial charge in [0.05, 0.1) is 4.90 Å². The van der Waals surface area contributed by atoms with Gasteiger partial charge in [-0.1, -0.05) is 12.1 Å². The minimum Gasteiger partial charge on any atom is -0.480 e. The average Bonchev–Trinajstić information content (AvgIpc) is 2.25. The van der Waals surface area contributed by atoms with Crippen LogP contribution in [0.4, 0.5) is 0 Å². The number of carbonyl (C=O) groups is 1. The molecule has 0 unspecified atom stereocenters. The summed E-state index contributed by atoms with van der Waals surface area (Å²) in [5, 5.41) is 8.62. The van der Waals surface area contributed by atoms with Crippen molar-refractivity contribution in [1.82, 2.24) is 0 Å². The lowest BCUT2D eigenvalue weighted by Gasteiger charge is -2.07. The van der Waals surface area contributed by atoms with Crippen molar-refractivity contribution < 1.29 is 18.3 Å². The number of carboxylic acids is 1. The Hall–Kier alpha value is -1.40. The summed E-state index contributed by atoms with van der Waals surface area (Å²) < 4.78 is 22.6. The van der Waals surface area contributed by atoms with Gasteiger partial charge in [0.15, 0.2) is 9.84 Å².